The van der Waals surface area contributed by atoms with Gasteiger partial charge < -0.3 is 30.9 Å². The van der Waals surface area contributed by atoms with Gasteiger partial charge in [-0.15, -0.1) is 0 Å². The largest absolute Gasteiger partial charge is 0.477 e. The zero-order valence-corrected chi connectivity index (χ0v) is 19.0. The molecule has 1 aromatic carbocycles. The SMILES string of the molecule is C[C@@H](O)[C@H]1C(=O)N2C(C(=O)O)=C(c3ccc(CNC(N)=O)cc3)C(COC(=O)C(C)(C)C)[C@H]12. The second-order valence-electron chi connectivity index (χ2n) is 9.40. The van der Waals surface area contributed by atoms with Gasteiger partial charge in [0.2, 0.25) is 5.91 Å². The molecular formula is C23H29N3O7. The molecule has 1 saturated heterocycles. The van der Waals surface area contributed by atoms with Crippen molar-refractivity contribution in [1.29, 1.82) is 0 Å². The van der Waals surface area contributed by atoms with Crippen LogP contribution in [0, 0.1) is 17.3 Å². The van der Waals surface area contributed by atoms with E-state index in [4.69, 9.17) is 10.5 Å². The number of amides is 3. The van der Waals surface area contributed by atoms with Gasteiger partial charge in [0, 0.05) is 12.5 Å². The van der Waals surface area contributed by atoms with E-state index >= 15 is 0 Å². The number of aliphatic hydroxyl groups is 1. The number of benzene rings is 1. The van der Waals surface area contributed by atoms with E-state index in [1.165, 1.54) is 11.8 Å². The molecule has 33 heavy (non-hydrogen) atoms. The summed E-state index contributed by atoms with van der Waals surface area (Å²) in [4.78, 5) is 49.5. The minimum atomic E-state index is -1.28. The molecule has 2 aliphatic rings. The van der Waals surface area contributed by atoms with Crippen molar-refractivity contribution >= 4 is 29.5 Å². The molecular weight excluding hydrogens is 430 g/mol. The first kappa shape index (κ1) is 24.2. The number of nitrogens with one attached hydrogen (secondary N) is 1. The van der Waals surface area contributed by atoms with Crippen LogP contribution < -0.4 is 11.1 Å². The number of aliphatic carboxylic acids is 1. The zero-order chi connectivity index (χ0) is 24.7. The van der Waals surface area contributed by atoms with Gasteiger partial charge in [0.15, 0.2) is 0 Å². The highest BCUT2D eigenvalue weighted by Gasteiger charge is 2.61. The summed E-state index contributed by atoms with van der Waals surface area (Å²) in [5.74, 6) is -3.64. The number of rotatable bonds is 7. The Labute approximate surface area is 191 Å². The first-order chi connectivity index (χ1) is 15.3. The predicted molar refractivity (Wildman–Crippen MR) is 117 cm³/mol. The number of carbonyl (C=O) groups is 4. The number of carboxylic acid groups (broad SMARTS) is 1. The maximum absolute atomic E-state index is 12.7. The van der Waals surface area contributed by atoms with Crippen LogP contribution in [0.15, 0.2) is 30.0 Å². The number of ether oxygens (including phenoxy) is 1. The fraction of sp³-hybridized carbons (Fsp3) is 0.478. The molecule has 0 aromatic heterocycles. The minimum absolute atomic E-state index is 0.134. The number of esters is 1. The number of aliphatic hydroxyl groups excluding tert-OH is 1. The van der Waals surface area contributed by atoms with E-state index < -0.39 is 53.3 Å². The topological polar surface area (TPSA) is 159 Å². The van der Waals surface area contributed by atoms with E-state index in [2.05, 4.69) is 5.32 Å². The van der Waals surface area contributed by atoms with E-state index in [-0.39, 0.29) is 18.8 Å². The van der Waals surface area contributed by atoms with Crippen LogP contribution in [0.1, 0.15) is 38.8 Å². The Balaban J connectivity index is 2.01. The summed E-state index contributed by atoms with van der Waals surface area (Å²) in [6, 6.07) is 5.48. The number of urea groups is 1. The summed E-state index contributed by atoms with van der Waals surface area (Å²) in [6.07, 6.45) is -0.990. The van der Waals surface area contributed by atoms with E-state index in [0.29, 0.717) is 11.1 Å². The second kappa shape index (κ2) is 8.86. The number of nitrogens with two attached hydrogens (primary N) is 1. The van der Waals surface area contributed by atoms with Gasteiger partial charge in [-0.1, -0.05) is 24.3 Å². The lowest BCUT2D eigenvalue weighted by molar-refractivity contribution is -0.166. The Bertz CT molecular complexity index is 1010. The molecule has 5 N–H and O–H groups in total. The van der Waals surface area contributed by atoms with Gasteiger partial charge in [0.1, 0.15) is 12.3 Å². The average molecular weight is 459 g/mol. The molecule has 10 nitrogen and oxygen atoms in total. The smallest absolute Gasteiger partial charge is 0.352 e. The highest BCUT2D eigenvalue weighted by Crippen LogP contribution is 2.50. The van der Waals surface area contributed by atoms with E-state index in [1.807, 2.05) is 0 Å². The lowest BCUT2D eigenvalue weighted by Crippen LogP contribution is -2.64. The summed E-state index contributed by atoms with van der Waals surface area (Å²) >= 11 is 0. The number of carbonyl (C=O) groups excluding carboxylic acids is 3. The van der Waals surface area contributed by atoms with Gasteiger partial charge in [0.25, 0.3) is 0 Å². The number of hydrogen-bond donors (Lipinski definition) is 4. The molecule has 2 aliphatic heterocycles. The Morgan fingerprint density at radius 3 is 2.30 bits per heavy atom. The molecule has 3 amide bonds. The van der Waals surface area contributed by atoms with Gasteiger partial charge in [-0.2, -0.15) is 0 Å². The maximum Gasteiger partial charge on any atom is 0.352 e. The van der Waals surface area contributed by atoms with Crippen LogP contribution >= 0.6 is 0 Å². The summed E-state index contributed by atoms with van der Waals surface area (Å²) < 4.78 is 5.53. The Kier molecular flexibility index (Phi) is 6.51. The lowest BCUT2D eigenvalue weighted by Gasteiger charge is -2.46. The molecule has 178 valence electrons. The molecule has 0 bridgehead atoms. The summed E-state index contributed by atoms with van der Waals surface area (Å²) in [5.41, 5.74) is 5.80. The van der Waals surface area contributed by atoms with Crippen molar-refractivity contribution in [3.05, 3.63) is 41.1 Å². The van der Waals surface area contributed by atoms with Crippen LogP contribution in [-0.4, -0.2) is 57.7 Å². The quantitative estimate of drug-likeness (QED) is 0.351. The molecule has 1 fully saturated rings. The van der Waals surface area contributed by atoms with Gasteiger partial charge in [0.05, 0.1) is 23.5 Å². The molecule has 10 heteroatoms. The molecule has 0 aliphatic carbocycles. The van der Waals surface area contributed by atoms with Crippen molar-refractivity contribution in [2.45, 2.75) is 46.4 Å². The normalized spacial score (nSPS) is 23.0. The molecule has 0 spiro atoms. The molecule has 1 aromatic rings. The molecule has 3 rings (SSSR count). The molecule has 2 heterocycles. The maximum atomic E-state index is 12.7. The highest BCUT2D eigenvalue weighted by molar-refractivity contribution is 6.06. The Morgan fingerprint density at radius 2 is 1.82 bits per heavy atom. The third-order valence-electron chi connectivity index (χ3n) is 5.93. The summed E-state index contributed by atoms with van der Waals surface area (Å²) in [7, 11) is 0. The highest BCUT2D eigenvalue weighted by atomic mass is 16.5. The minimum Gasteiger partial charge on any atom is -0.477 e. The van der Waals surface area contributed by atoms with Crippen molar-refractivity contribution < 1.29 is 34.1 Å². The van der Waals surface area contributed by atoms with Crippen molar-refractivity contribution in [3.63, 3.8) is 0 Å². The zero-order valence-electron chi connectivity index (χ0n) is 19.0. The Morgan fingerprint density at radius 1 is 1.21 bits per heavy atom. The number of β-lactam (4-membered cyclic amide) rings is 1. The molecule has 4 atom stereocenters. The van der Waals surface area contributed by atoms with Crippen molar-refractivity contribution in [3.8, 4) is 0 Å². The predicted octanol–water partition coefficient (Wildman–Crippen LogP) is 1.08. The van der Waals surface area contributed by atoms with Crippen LogP contribution in [0.2, 0.25) is 0 Å². The fourth-order valence-electron chi connectivity index (χ4n) is 4.31. The number of hydrogen-bond acceptors (Lipinski definition) is 6. The number of carboxylic acids is 1. The van der Waals surface area contributed by atoms with Crippen LogP contribution in [0.5, 0.6) is 0 Å². The lowest BCUT2D eigenvalue weighted by atomic mass is 9.76. The summed E-state index contributed by atoms with van der Waals surface area (Å²) in [5, 5.41) is 22.6. The standard InChI is InChI=1S/C23H29N3O7/c1-11(27)15-17-14(10-33-21(31)23(2,3)4)16(18(20(29)30)26(17)19(15)28)13-7-5-12(6-8-13)9-25-22(24)32/h5-8,11,14-15,17,27H,9-10H2,1-4H3,(H,29,30)(H3,24,25,32)/t11-,14?,15-,17-/m1/s1. The molecule has 0 radical (unpaired) electrons. The summed E-state index contributed by atoms with van der Waals surface area (Å²) in [6.45, 7) is 6.67. The fourth-order valence-corrected chi connectivity index (χ4v) is 4.31. The molecule has 1 unspecified atom stereocenters. The third-order valence-corrected chi connectivity index (χ3v) is 5.93. The number of fused-ring (bicyclic) bond motifs is 1. The van der Waals surface area contributed by atoms with Crippen LogP contribution in [-0.2, 0) is 25.7 Å². The van der Waals surface area contributed by atoms with Gasteiger partial charge in [-0.05, 0) is 44.4 Å². The second-order valence-corrected chi connectivity index (χ2v) is 9.40. The van der Waals surface area contributed by atoms with Gasteiger partial charge in [-0.3, -0.25) is 9.59 Å². The molecule has 0 saturated carbocycles. The number of nitrogens with zero attached hydrogens (tertiary/aromatic N) is 1. The third kappa shape index (κ3) is 4.56. The van der Waals surface area contributed by atoms with Crippen LogP contribution in [0.25, 0.3) is 5.57 Å². The van der Waals surface area contributed by atoms with E-state index in [1.54, 1.807) is 45.0 Å². The first-order valence-corrected chi connectivity index (χ1v) is 10.6. The van der Waals surface area contributed by atoms with Gasteiger partial charge >= 0.3 is 18.0 Å². The number of primary amides is 1. The van der Waals surface area contributed by atoms with E-state index in [0.717, 1.165) is 5.56 Å². The van der Waals surface area contributed by atoms with Crippen molar-refractivity contribution in [1.82, 2.24) is 10.2 Å². The van der Waals surface area contributed by atoms with Crippen LogP contribution in [0.4, 0.5) is 4.79 Å². The van der Waals surface area contributed by atoms with Crippen LogP contribution in [0.3, 0.4) is 0 Å². The van der Waals surface area contributed by atoms with E-state index in [9.17, 15) is 29.4 Å². The Hall–Kier alpha value is -3.40. The first-order valence-electron chi connectivity index (χ1n) is 10.6. The van der Waals surface area contributed by atoms with Gasteiger partial charge in [-0.25, -0.2) is 9.59 Å². The average Bonchev–Trinajstić information content (AvgIpc) is 3.00. The van der Waals surface area contributed by atoms with Crippen molar-refractivity contribution in [2.75, 3.05) is 6.61 Å². The monoisotopic (exact) mass is 459 g/mol. The van der Waals surface area contributed by atoms with Crippen molar-refractivity contribution in [2.24, 2.45) is 23.0 Å².